The molecule has 0 radical (unpaired) electrons. The van der Waals surface area contributed by atoms with Gasteiger partial charge in [0.1, 0.15) is 0 Å². The van der Waals surface area contributed by atoms with E-state index in [-0.39, 0.29) is 12.1 Å². The van der Waals surface area contributed by atoms with Crippen molar-refractivity contribution in [3.8, 4) is 0 Å². The van der Waals surface area contributed by atoms with Crippen molar-refractivity contribution >= 4 is 11.7 Å². The lowest BCUT2D eigenvalue weighted by Crippen LogP contribution is -2.44. The molecule has 1 aliphatic rings. The van der Waals surface area contributed by atoms with Crippen molar-refractivity contribution in [3.63, 3.8) is 0 Å². The molecule has 1 aliphatic heterocycles. The van der Waals surface area contributed by atoms with Crippen LogP contribution < -0.4 is 5.32 Å². The van der Waals surface area contributed by atoms with Gasteiger partial charge in [-0.15, -0.1) is 0 Å². The first-order valence-electron chi connectivity index (χ1n) is 9.45. The Labute approximate surface area is 160 Å². The summed E-state index contributed by atoms with van der Waals surface area (Å²) in [6, 6.07) is 20.7. The van der Waals surface area contributed by atoms with Crippen LogP contribution in [0, 0.1) is 13.8 Å². The van der Waals surface area contributed by atoms with E-state index in [1.54, 1.807) is 0 Å². The molecule has 0 saturated heterocycles. The average Bonchev–Trinajstić information content (AvgIpc) is 3.15. The van der Waals surface area contributed by atoms with Crippen molar-refractivity contribution < 1.29 is 4.79 Å². The number of carbonyl (C=O) groups excluding carboxylic acids is 1. The number of aryl methyl sites for hydroxylation is 2. The molecule has 1 atom stereocenters. The summed E-state index contributed by atoms with van der Waals surface area (Å²) in [4.78, 5) is 15.1. The lowest BCUT2D eigenvalue weighted by molar-refractivity contribution is 0.167. The molecule has 27 heavy (non-hydrogen) atoms. The fourth-order valence-corrected chi connectivity index (χ4v) is 3.82. The number of hydrogen-bond donors (Lipinski definition) is 1. The number of amides is 2. The van der Waals surface area contributed by atoms with Crippen LogP contribution in [0.3, 0.4) is 0 Å². The van der Waals surface area contributed by atoms with Gasteiger partial charge in [-0.25, -0.2) is 4.79 Å². The van der Waals surface area contributed by atoms with Crippen molar-refractivity contribution in [1.29, 1.82) is 0 Å². The maximum Gasteiger partial charge on any atom is 0.322 e. The van der Waals surface area contributed by atoms with Gasteiger partial charge in [0.2, 0.25) is 0 Å². The summed E-state index contributed by atoms with van der Waals surface area (Å²) < 4.78 is 2.26. The van der Waals surface area contributed by atoms with E-state index >= 15 is 0 Å². The van der Waals surface area contributed by atoms with Crippen LogP contribution in [0.5, 0.6) is 0 Å². The second kappa shape index (κ2) is 7.31. The molecule has 0 bridgehead atoms. The van der Waals surface area contributed by atoms with E-state index in [1.807, 2.05) is 36.9 Å². The van der Waals surface area contributed by atoms with Crippen LogP contribution in [0.15, 0.2) is 66.9 Å². The number of carbonyl (C=O) groups is 1. The number of nitrogens with zero attached hydrogens (tertiary/aromatic N) is 2. The predicted octanol–water partition coefficient (Wildman–Crippen LogP) is 4.94. The molecule has 3 aromatic rings. The van der Waals surface area contributed by atoms with Crippen molar-refractivity contribution in [3.05, 3.63) is 89.2 Å². The Morgan fingerprint density at radius 1 is 1.04 bits per heavy atom. The summed E-state index contributed by atoms with van der Waals surface area (Å²) in [5.74, 6) is 0. The number of urea groups is 1. The number of aromatic nitrogens is 1. The van der Waals surface area contributed by atoms with Crippen molar-refractivity contribution in [2.75, 3.05) is 11.9 Å². The Bertz CT molecular complexity index is 945. The number of nitrogens with one attached hydrogen (secondary N) is 1. The minimum absolute atomic E-state index is 0.0289. The summed E-state index contributed by atoms with van der Waals surface area (Å²) in [6.07, 6.45) is 2.92. The Hall–Kier alpha value is -3.01. The smallest absolute Gasteiger partial charge is 0.322 e. The maximum absolute atomic E-state index is 13.2. The van der Waals surface area contributed by atoms with E-state index in [0.29, 0.717) is 6.54 Å². The maximum atomic E-state index is 13.2. The summed E-state index contributed by atoms with van der Waals surface area (Å²) >= 11 is 0. The van der Waals surface area contributed by atoms with E-state index in [2.05, 4.69) is 58.5 Å². The highest BCUT2D eigenvalue weighted by Gasteiger charge is 2.31. The second-order valence-electron chi connectivity index (χ2n) is 7.27. The minimum atomic E-state index is -0.0305. The molecule has 1 aromatic heterocycles. The van der Waals surface area contributed by atoms with Gasteiger partial charge >= 0.3 is 6.03 Å². The topological polar surface area (TPSA) is 37.3 Å². The Morgan fingerprint density at radius 3 is 2.67 bits per heavy atom. The second-order valence-corrected chi connectivity index (χ2v) is 7.27. The number of anilines is 1. The first-order valence-corrected chi connectivity index (χ1v) is 9.45. The molecule has 2 heterocycles. The van der Waals surface area contributed by atoms with E-state index < -0.39 is 0 Å². The highest BCUT2D eigenvalue weighted by atomic mass is 16.2. The molecule has 138 valence electrons. The van der Waals surface area contributed by atoms with Crippen molar-refractivity contribution in [2.24, 2.45) is 0 Å². The van der Waals surface area contributed by atoms with E-state index in [1.165, 1.54) is 11.3 Å². The highest BCUT2D eigenvalue weighted by Crippen LogP contribution is 2.30. The van der Waals surface area contributed by atoms with Gasteiger partial charge in [0.25, 0.3) is 0 Å². The predicted molar refractivity (Wildman–Crippen MR) is 109 cm³/mol. The van der Waals surface area contributed by atoms with Crippen LogP contribution >= 0.6 is 0 Å². The summed E-state index contributed by atoms with van der Waals surface area (Å²) in [5.41, 5.74) is 5.54. The molecule has 4 rings (SSSR count). The Morgan fingerprint density at radius 2 is 1.85 bits per heavy atom. The zero-order chi connectivity index (χ0) is 18.8. The molecule has 2 aromatic carbocycles. The molecule has 0 unspecified atom stereocenters. The van der Waals surface area contributed by atoms with Crippen LogP contribution in [0.25, 0.3) is 0 Å². The first-order chi connectivity index (χ1) is 13.1. The van der Waals surface area contributed by atoms with Gasteiger partial charge in [-0.05, 0) is 55.2 Å². The number of rotatable bonds is 3. The fourth-order valence-electron chi connectivity index (χ4n) is 3.82. The number of fused-ring (bicyclic) bond motifs is 1. The molecule has 0 fully saturated rings. The highest BCUT2D eigenvalue weighted by molar-refractivity contribution is 5.90. The van der Waals surface area contributed by atoms with Gasteiger partial charge in [-0.1, -0.05) is 42.5 Å². The quantitative estimate of drug-likeness (QED) is 0.707. The summed E-state index contributed by atoms with van der Waals surface area (Å²) in [7, 11) is 0. The normalized spacial score (nSPS) is 16.1. The van der Waals surface area contributed by atoms with Crippen LogP contribution in [-0.4, -0.2) is 22.0 Å². The molecule has 2 amide bonds. The Kier molecular flexibility index (Phi) is 4.71. The molecule has 0 aliphatic carbocycles. The SMILES string of the molecule is Cc1ccc(C)c(NC(=O)N2CCn3cccc3[C@@H]2Cc2ccccc2)c1. The van der Waals surface area contributed by atoms with Crippen LogP contribution in [0.4, 0.5) is 10.5 Å². The standard InChI is InChI=1S/C23H25N3O/c1-17-10-11-18(2)20(15-17)24-23(27)26-14-13-25-12-6-9-21(25)22(26)16-19-7-4-3-5-8-19/h3-12,15,22H,13-14,16H2,1-2H3,(H,24,27)/t22-/m0/s1. The van der Waals surface area contributed by atoms with Gasteiger partial charge in [0, 0.05) is 30.7 Å². The molecule has 4 heteroatoms. The van der Waals surface area contributed by atoms with E-state index in [0.717, 1.165) is 29.8 Å². The van der Waals surface area contributed by atoms with E-state index in [4.69, 9.17) is 0 Å². The molecule has 4 nitrogen and oxygen atoms in total. The van der Waals surface area contributed by atoms with Crippen LogP contribution in [-0.2, 0) is 13.0 Å². The molecular formula is C23H25N3O. The zero-order valence-corrected chi connectivity index (χ0v) is 15.9. The summed E-state index contributed by atoms with van der Waals surface area (Å²) in [5, 5.41) is 3.14. The zero-order valence-electron chi connectivity index (χ0n) is 15.9. The third-order valence-corrected chi connectivity index (χ3v) is 5.33. The van der Waals surface area contributed by atoms with Crippen LogP contribution in [0.1, 0.15) is 28.4 Å². The van der Waals surface area contributed by atoms with Gasteiger partial charge in [0.15, 0.2) is 0 Å². The van der Waals surface area contributed by atoms with Crippen molar-refractivity contribution in [2.45, 2.75) is 32.9 Å². The lowest BCUT2D eigenvalue weighted by Gasteiger charge is -2.37. The van der Waals surface area contributed by atoms with Crippen molar-refractivity contribution in [1.82, 2.24) is 9.47 Å². The van der Waals surface area contributed by atoms with Gasteiger partial charge < -0.3 is 14.8 Å². The summed E-state index contributed by atoms with van der Waals surface area (Å²) in [6.45, 7) is 5.60. The minimum Gasteiger partial charge on any atom is -0.348 e. The van der Waals surface area contributed by atoms with Gasteiger partial charge in [0.05, 0.1) is 6.04 Å². The van der Waals surface area contributed by atoms with Gasteiger partial charge in [-0.3, -0.25) is 0 Å². The first kappa shape index (κ1) is 17.4. The fraction of sp³-hybridized carbons (Fsp3) is 0.261. The largest absolute Gasteiger partial charge is 0.348 e. The lowest BCUT2D eigenvalue weighted by atomic mass is 10.0. The average molecular weight is 359 g/mol. The van der Waals surface area contributed by atoms with E-state index in [9.17, 15) is 4.79 Å². The molecule has 0 saturated carbocycles. The third-order valence-electron chi connectivity index (χ3n) is 5.33. The third kappa shape index (κ3) is 3.61. The molecule has 1 N–H and O–H groups in total. The molecule has 0 spiro atoms. The number of hydrogen-bond acceptors (Lipinski definition) is 1. The Balaban J connectivity index is 1.61. The molecular weight excluding hydrogens is 334 g/mol. The number of benzene rings is 2. The van der Waals surface area contributed by atoms with Gasteiger partial charge in [-0.2, -0.15) is 0 Å². The van der Waals surface area contributed by atoms with Crippen LogP contribution in [0.2, 0.25) is 0 Å². The monoisotopic (exact) mass is 359 g/mol.